The highest BCUT2D eigenvalue weighted by molar-refractivity contribution is 5.17. The first-order valence-corrected chi connectivity index (χ1v) is 4.95. The molecule has 1 aromatic rings. The minimum atomic E-state index is -4.36. The molecule has 3 N–H and O–H groups in total. The van der Waals surface area contributed by atoms with Crippen molar-refractivity contribution in [3.63, 3.8) is 0 Å². The van der Waals surface area contributed by atoms with Crippen LogP contribution in [-0.4, -0.2) is 17.8 Å². The van der Waals surface area contributed by atoms with E-state index in [0.717, 1.165) is 0 Å². The van der Waals surface area contributed by atoms with Crippen molar-refractivity contribution in [2.24, 2.45) is 11.7 Å². The maximum absolute atomic E-state index is 12.4. The highest BCUT2D eigenvalue weighted by Gasteiger charge is 2.39. The van der Waals surface area contributed by atoms with Gasteiger partial charge in [-0.15, -0.1) is 0 Å². The largest absolute Gasteiger partial charge is 0.393 e. The maximum Gasteiger partial charge on any atom is 0.393 e. The summed E-state index contributed by atoms with van der Waals surface area (Å²) in [5.74, 6) is -1.66. The summed E-state index contributed by atoms with van der Waals surface area (Å²) in [6.07, 6.45) is -5.88. The van der Waals surface area contributed by atoms with E-state index in [-0.39, 0.29) is 0 Å². The lowest BCUT2D eigenvalue weighted by atomic mass is 9.96. The second-order valence-corrected chi connectivity index (χ2v) is 3.64. The number of aliphatic hydroxyl groups is 1. The van der Waals surface area contributed by atoms with Crippen molar-refractivity contribution in [3.05, 3.63) is 35.9 Å². The average Bonchev–Trinajstić information content (AvgIpc) is 2.25. The van der Waals surface area contributed by atoms with Crippen LogP contribution in [0, 0.1) is 5.92 Å². The summed E-state index contributed by atoms with van der Waals surface area (Å²) >= 11 is 0. The van der Waals surface area contributed by atoms with Gasteiger partial charge in [-0.25, -0.2) is 0 Å². The molecular formula is C11H14F3NO. The molecule has 0 aromatic heterocycles. The first-order chi connectivity index (χ1) is 7.45. The molecule has 0 saturated carbocycles. The Balaban J connectivity index is 2.67. The smallest absolute Gasteiger partial charge is 0.388 e. The van der Waals surface area contributed by atoms with E-state index in [2.05, 4.69) is 0 Å². The molecule has 1 rings (SSSR count). The van der Waals surface area contributed by atoms with Gasteiger partial charge in [-0.3, -0.25) is 0 Å². The Bertz CT molecular complexity index is 313. The van der Waals surface area contributed by atoms with E-state index in [4.69, 9.17) is 5.73 Å². The first kappa shape index (κ1) is 13.0. The van der Waals surface area contributed by atoms with Gasteiger partial charge >= 0.3 is 6.18 Å². The molecule has 90 valence electrons. The molecule has 0 aliphatic rings. The molecule has 0 aliphatic heterocycles. The Kier molecular flexibility index (Phi) is 4.32. The molecule has 2 nitrogen and oxygen atoms in total. The predicted octanol–water partition coefficient (Wildman–Crippen LogP) is 2.25. The van der Waals surface area contributed by atoms with Crippen molar-refractivity contribution in [2.45, 2.75) is 18.7 Å². The molecule has 0 aliphatic carbocycles. The van der Waals surface area contributed by atoms with Gasteiger partial charge in [0.15, 0.2) is 0 Å². The number of alkyl halides is 3. The number of rotatable bonds is 4. The molecule has 1 aromatic carbocycles. The molecule has 2 atom stereocenters. The number of hydrogen-bond donors (Lipinski definition) is 2. The normalized spacial score (nSPS) is 15.8. The van der Waals surface area contributed by atoms with Crippen LogP contribution in [0.25, 0.3) is 0 Å². The zero-order valence-electron chi connectivity index (χ0n) is 8.61. The third-order valence-electron chi connectivity index (χ3n) is 2.44. The Morgan fingerprint density at radius 3 is 2.19 bits per heavy atom. The molecular weight excluding hydrogens is 219 g/mol. The summed E-state index contributed by atoms with van der Waals surface area (Å²) in [5.41, 5.74) is 5.53. The summed E-state index contributed by atoms with van der Waals surface area (Å²) in [7, 11) is 0. The predicted molar refractivity (Wildman–Crippen MR) is 54.6 cm³/mol. The molecule has 5 heteroatoms. The number of benzene rings is 1. The number of halogens is 3. The van der Waals surface area contributed by atoms with Crippen molar-refractivity contribution in [1.82, 2.24) is 0 Å². The van der Waals surface area contributed by atoms with Crippen molar-refractivity contribution >= 4 is 0 Å². The lowest BCUT2D eigenvalue weighted by Gasteiger charge is -2.21. The van der Waals surface area contributed by atoms with Crippen LogP contribution in [0.1, 0.15) is 18.1 Å². The van der Waals surface area contributed by atoms with Crippen LogP contribution in [0.4, 0.5) is 13.2 Å². The standard InChI is InChI=1S/C11H14F3NO/c12-11(13,14)9(7-15)6-10(16)8-4-2-1-3-5-8/h1-5,9-10,16H,6-7,15H2/t9-,10+/m1/s1. The molecule has 0 spiro atoms. The van der Waals surface area contributed by atoms with Crippen LogP contribution in [0.2, 0.25) is 0 Å². The van der Waals surface area contributed by atoms with Crippen LogP contribution in [0.15, 0.2) is 30.3 Å². The fourth-order valence-electron chi connectivity index (χ4n) is 1.44. The lowest BCUT2D eigenvalue weighted by Crippen LogP contribution is -2.31. The van der Waals surface area contributed by atoms with Crippen LogP contribution in [0.3, 0.4) is 0 Å². The minimum absolute atomic E-state index is 0.399. The van der Waals surface area contributed by atoms with Gasteiger partial charge in [0, 0.05) is 6.54 Å². The van der Waals surface area contributed by atoms with Crippen molar-refractivity contribution in [2.75, 3.05) is 6.54 Å². The molecule has 0 fully saturated rings. The second-order valence-electron chi connectivity index (χ2n) is 3.64. The molecule has 0 heterocycles. The molecule has 0 radical (unpaired) electrons. The monoisotopic (exact) mass is 233 g/mol. The van der Waals surface area contributed by atoms with Gasteiger partial charge in [-0.1, -0.05) is 30.3 Å². The van der Waals surface area contributed by atoms with Gasteiger partial charge in [0.2, 0.25) is 0 Å². The van der Waals surface area contributed by atoms with Gasteiger partial charge < -0.3 is 10.8 Å². The molecule has 0 saturated heterocycles. The SMILES string of the molecule is NC[C@@H](C[C@H](O)c1ccccc1)C(F)(F)F. The van der Waals surface area contributed by atoms with Gasteiger partial charge in [-0.2, -0.15) is 13.2 Å². The van der Waals surface area contributed by atoms with Crippen LogP contribution >= 0.6 is 0 Å². The zero-order valence-corrected chi connectivity index (χ0v) is 8.61. The van der Waals surface area contributed by atoms with Crippen LogP contribution < -0.4 is 5.73 Å². The Morgan fingerprint density at radius 2 is 1.75 bits per heavy atom. The van der Waals surface area contributed by atoms with Gasteiger partial charge in [0.1, 0.15) is 0 Å². The Labute approximate surface area is 91.9 Å². The fourth-order valence-corrected chi connectivity index (χ4v) is 1.44. The summed E-state index contributed by atoms with van der Waals surface area (Å²) in [4.78, 5) is 0. The van der Waals surface area contributed by atoms with Crippen molar-refractivity contribution in [1.29, 1.82) is 0 Å². The van der Waals surface area contributed by atoms with Crippen molar-refractivity contribution < 1.29 is 18.3 Å². The van der Waals surface area contributed by atoms with Gasteiger partial charge in [-0.05, 0) is 12.0 Å². The molecule has 16 heavy (non-hydrogen) atoms. The van der Waals surface area contributed by atoms with Crippen LogP contribution in [0.5, 0.6) is 0 Å². The maximum atomic E-state index is 12.4. The number of aliphatic hydroxyl groups excluding tert-OH is 1. The Morgan fingerprint density at radius 1 is 1.19 bits per heavy atom. The van der Waals surface area contributed by atoms with E-state index in [0.29, 0.717) is 5.56 Å². The summed E-state index contributed by atoms with van der Waals surface area (Å²) in [6, 6.07) is 8.26. The quantitative estimate of drug-likeness (QED) is 0.837. The topological polar surface area (TPSA) is 46.2 Å². The second kappa shape index (κ2) is 5.32. The first-order valence-electron chi connectivity index (χ1n) is 4.95. The highest BCUT2D eigenvalue weighted by atomic mass is 19.4. The van der Waals surface area contributed by atoms with E-state index < -0.39 is 31.2 Å². The van der Waals surface area contributed by atoms with E-state index in [1.54, 1.807) is 30.3 Å². The number of hydrogen-bond acceptors (Lipinski definition) is 2. The zero-order chi connectivity index (χ0) is 12.2. The van der Waals surface area contributed by atoms with Crippen molar-refractivity contribution in [3.8, 4) is 0 Å². The summed E-state index contributed by atoms with van der Waals surface area (Å²) < 4.78 is 37.2. The fraction of sp³-hybridized carbons (Fsp3) is 0.455. The summed E-state index contributed by atoms with van der Waals surface area (Å²) in [5, 5.41) is 9.63. The van der Waals surface area contributed by atoms with E-state index in [1.165, 1.54) is 0 Å². The number of nitrogens with two attached hydrogens (primary N) is 1. The third-order valence-corrected chi connectivity index (χ3v) is 2.44. The average molecular weight is 233 g/mol. The highest BCUT2D eigenvalue weighted by Crippen LogP contribution is 2.32. The molecule has 0 bridgehead atoms. The van der Waals surface area contributed by atoms with Gasteiger partial charge in [0.05, 0.1) is 12.0 Å². The lowest BCUT2D eigenvalue weighted by molar-refractivity contribution is -0.179. The molecule has 0 unspecified atom stereocenters. The molecule has 0 amide bonds. The minimum Gasteiger partial charge on any atom is -0.388 e. The van der Waals surface area contributed by atoms with E-state index >= 15 is 0 Å². The third kappa shape index (κ3) is 3.50. The van der Waals surface area contributed by atoms with E-state index in [1.807, 2.05) is 0 Å². The summed E-state index contributed by atoms with van der Waals surface area (Å²) in [6.45, 7) is -0.507. The Hall–Kier alpha value is -1.07. The van der Waals surface area contributed by atoms with E-state index in [9.17, 15) is 18.3 Å². The van der Waals surface area contributed by atoms with Crippen LogP contribution in [-0.2, 0) is 0 Å². The van der Waals surface area contributed by atoms with Gasteiger partial charge in [0.25, 0.3) is 0 Å².